The highest BCUT2D eigenvalue weighted by molar-refractivity contribution is 6.21. The van der Waals surface area contributed by atoms with E-state index in [-0.39, 0.29) is 12.8 Å². The van der Waals surface area contributed by atoms with Crippen LogP contribution in [0.4, 0.5) is 0 Å². The summed E-state index contributed by atoms with van der Waals surface area (Å²) in [6.07, 6.45) is 2.42. The van der Waals surface area contributed by atoms with Gasteiger partial charge in [0.05, 0.1) is 47.0 Å². The number of hydrogen-bond acceptors (Lipinski definition) is 6. The normalized spacial score (nSPS) is 12.7. The summed E-state index contributed by atoms with van der Waals surface area (Å²) in [5.41, 5.74) is 17.4. The molecule has 0 radical (unpaired) electrons. The number of nitrogens with zero attached hydrogens (tertiary/aromatic N) is 2. The first-order chi connectivity index (χ1) is 47.7. The summed E-state index contributed by atoms with van der Waals surface area (Å²) in [6, 6.07) is 67.1. The number of carboxylic acids is 2. The van der Waals surface area contributed by atoms with Crippen molar-refractivity contribution < 1.29 is 29.3 Å². The van der Waals surface area contributed by atoms with Crippen LogP contribution in [0, 0.1) is 0 Å². The Kier molecular flexibility index (Phi) is 16.1. The molecular formula is C90H86N4O6. The largest absolute Gasteiger partial charge is 0.493 e. The van der Waals surface area contributed by atoms with Gasteiger partial charge in [0.1, 0.15) is 11.5 Å². The molecule has 0 saturated carbocycles. The number of aliphatic carboxylic acids is 2. The summed E-state index contributed by atoms with van der Waals surface area (Å²) in [5, 5.41) is 32.2. The summed E-state index contributed by atoms with van der Waals surface area (Å²) in [5.74, 6) is 0.0505. The van der Waals surface area contributed by atoms with Gasteiger partial charge in [-0.25, -0.2) is 9.97 Å². The lowest BCUT2D eigenvalue weighted by Crippen LogP contribution is -2.20. The quantitative estimate of drug-likeness (QED) is 0.0786. The molecule has 3 aromatic heterocycles. The Labute approximate surface area is 584 Å². The highest BCUT2D eigenvalue weighted by Gasteiger charge is 2.34. The number of fused-ring (bicyclic) bond motifs is 24. The van der Waals surface area contributed by atoms with Crippen molar-refractivity contribution in [3.05, 3.63) is 204 Å². The van der Waals surface area contributed by atoms with Gasteiger partial charge in [-0.1, -0.05) is 180 Å². The minimum absolute atomic E-state index is 0.0873. The van der Waals surface area contributed by atoms with Crippen molar-refractivity contribution in [1.82, 2.24) is 19.9 Å². The predicted molar refractivity (Wildman–Crippen MR) is 415 cm³/mol. The van der Waals surface area contributed by atoms with E-state index >= 15 is 0 Å². The smallest absolute Gasteiger partial charge is 0.303 e. The molecule has 0 spiro atoms. The summed E-state index contributed by atoms with van der Waals surface area (Å²) in [6.45, 7) is 27.8. The van der Waals surface area contributed by atoms with Crippen molar-refractivity contribution in [1.29, 1.82) is 0 Å². The first-order valence-electron chi connectivity index (χ1n) is 35.3. The number of nitrogens with one attached hydrogen (secondary N) is 2. The number of H-pyrrole nitrogens is 2. The number of ether oxygens (including phenoxy) is 2. The number of aromatic nitrogens is 4. The number of rotatable bonds is 14. The van der Waals surface area contributed by atoms with Gasteiger partial charge in [-0.05, 0) is 186 Å². The SMILES string of the molecule is CC(C)(C)c1cc(-c2c3nc(cc4[nH]c(c(-c5cc(C(C)(C)C)c(OCCCCC(=O)O)c(C(C)(C)C)c5)c5nc(cc6[nH]c2c2cc7ccccc7cc62)-c2cc6ccccc6cc2-5)c2cc5ccccc5cc42)-c2cc4ccccc4cc2-3)cc(C(C)(C)C)c1OCCCCC(=O)O. The number of carbonyl (C=O) groups is 2. The molecule has 100 heavy (non-hydrogen) atoms. The summed E-state index contributed by atoms with van der Waals surface area (Å²) < 4.78 is 14.0. The average molecular weight is 1320 g/mol. The molecule has 0 aliphatic carbocycles. The monoisotopic (exact) mass is 1320 g/mol. The fourth-order valence-electron chi connectivity index (χ4n) is 15.1. The maximum atomic E-state index is 11.7. The van der Waals surface area contributed by atoms with Gasteiger partial charge in [-0.2, -0.15) is 0 Å². The zero-order valence-corrected chi connectivity index (χ0v) is 59.4. The fourth-order valence-corrected chi connectivity index (χ4v) is 15.1. The van der Waals surface area contributed by atoms with Gasteiger partial charge in [0.2, 0.25) is 0 Å². The zero-order chi connectivity index (χ0) is 69.9. The summed E-state index contributed by atoms with van der Waals surface area (Å²) in [4.78, 5) is 44.1. The molecule has 8 bridgehead atoms. The van der Waals surface area contributed by atoms with Gasteiger partial charge in [0.25, 0.3) is 0 Å². The highest BCUT2D eigenvalue weighted by atomic mass is 16.5. The second-order valence-electron chi connectivity index (χ2n) is 31.7. The van der Waals surface area contributed by atoms with Crippen LogP contribution in [-0.4, -0.2) is 55.3 Å². The van der Waals surface area contributed by atoms with Crippen LogP contribution in [0.5, 0.6) is 11.5 Å². The van der Waals surface area contributed by atoms with Gasteiger partial charge in [0, 0.05) is 101 Å². The van der Waals surface area contributed by atoms with Crippen molar-refractivity contribution >= 4 is 98.6 Å². The van der Waals surface area contributed by atoms with Gasteiger partial charge in [-0.3, -0.25) is 9.59 Å². The number of benzene rings is 10. The molecule has 4 N–H and O–H groups in total. The minimum Gasteiger partial charge on any atom is -0.493 e. The van der Waals surface area contributed by atoms with Crippen LogP contribution < -0.4 is 9.47 Å². The third-order valence-electron chi connectivity index (χ3n) is 20.3. The third kappa shape index (κ3) is 12.0. The van der Waals surface area contributed by atoms with E-state index in [0.29, 0.717) is 38.9 Å². The lowest BCUT2D eigenvalue weighted by molar-refractivity contribution is -0.138. The minimum atomic E-state index is -0.807. The third-order valence-corrected chi connectivity index (χ3v) is 20.3. The van der Waals surface area contributed by atoms with Gasteiger partial charge < -0.3 is 29.7 Å². The van der Waals surface area contributed by atoms with Crippen molar-refractivity contribution in [3.8, 4) is 78.8 Å². The van der Waals surface area contributed by atoms with E-state index in [0.717, 1.165) is 188 Å². The molecule has 2 aliphatic rings. The van der Waals surface area contributed by atoms with Crippen molar-refractivity contribution in [2.24, 2.45) is 0 Å². The van der Waals surface area contributed by atoms with E-state index in [4.69, 9.17) is 19.4 Å². The van der Waals surface area contributed by atoms with Crippen LogP contribution in [0.1, 0.15) is 144 Å². The molecule has 502 valence electrons. The Morgan fingerprint density at radius 3 is 0.930 bits per heavy atom. The predicted octanol–water partition coefficient (Wildman–Crippen LogP) is 23.7. The maximum absolute atomic E-state index is 11.7. The number of unbranched alkanes of at least 4 members (excludes halogenated alkanes) is 2. The molecule has 0 atom stereocenters. The standard InChI is InChI=1S/C90H86N4O6/c1-87(2,3)69-45-59(46-70(88(4,5)6)85(69)99-35-23-21-33-77(95)96)79-81-65-41-55-29-17-13-25-51(55)37-61(65)73(91-81)49-75-63-39-53-27-15-19-31-57(53)43-67(63)83(93-75)80(60-47-71(89(7,8)9)86(72(48-60)90(10,11)12)100-36-24-22-34-78(97)98)84-68-44-58-32-20-16-28-54(58)40-64(68)76(94-84)50-74-62-38-52-26-14-18-30-56(52)42-66(62)82(79)92-74/h13-20,25-32,37-50,91,94H,21-24,33-36H2,1-12H3,(H,95,96)(H,97,98). The highest BCUT2D eigenvalue weighted by Crippen LogP contribution is 2.53. The molecule has 0 saturated heterocycles. The van der Waals surface area contributed by atoms with Crippen molar-refractivity contribution in [3.63, 3.8) is 0 Å². The number of aromatic amines is 2. The Morgan fingerprint density at radius 1 is 0.360 bits per heavy atom. The molecule has 2 aliphatic heterocycles. The second-order valence-corrected chi connectivity index (χ2v) is 31.7. The molecule has 13 aromatic rings. The second kappa shape index (κ2) is 24.7. The van der Waals surface area contributed by atoms with Gasteiger partial charge in [-0.15, -0.1) is 0 Å². The maximum Gasteiger partial charge on any atom is 0.303 e. The van der Waals surface area contributed by atoms with Crippen LogP contribution in [0.15, 0.2) is 182 Å². The summed E-state index contributed by atoms with van der Waals surface area (Å²) in [7, 11) is 0. The Hall–Kier alpha value is -10.6. The van der Waals surface area contributed by atoms with Crippen molar-refractivity contribution in [2.75, 3.05) is 13.2 Å². The van der Waals surface area contributed by atoms with E-state index in [1.54, 1.807) is 0 Å². The average Bonchev–Trinajstić information content (AvgIpc) is 1.54. The number of hydrogen-bond donors (Lipinski definition) is 4. The van der Waals surface area contributed by atoms with Crippen LogP contribution >= 0.6 is 0 Å². The van der Waals surface area contributed by atoms with Crippen LogP contribution in [-0.2, 0) is 31.2 Å². The lowest BCUT2D eigenvalue weighted by Gasteiger charge is -2.31. The molecular weight excluding hydrogens is 1230 g/mol. The molecule has 0 unspecified atom stereocenters. The van der Waals surface area contributed by atoms with E-state index in [1.807, 2.05) is 0 Å². The molecule has 15 rings (SSSR count). The molecule has 0 fully saturated rings. The van der Waals surface area contributed by atoms with E-state index < -0.39 is 33.6 Å². The molecule has 10 nitrogen and oxygen atoms in total. The van der Waals surface area contributed by atoms with E-state index in [1.165, 1.54) is 0 Å². The Bertz CT molecular complexity index is 5320. The van der Waals surface area contributed by atoms with Gasteiger partial charge >= 0.3 is 11.9 Å². The first-order valence-corrected chi connectivity index (χ1v) is 35.3. The Balaban J connectivity index is 1.16. The molecule has 5 heterocycles. The molecule has 10 heteroatoms. The van der Waals surface area contributed by atoms with Crippen LogP contribution in [0.25, 0.3) is 154 Å². The Morgan fingerprint density at radius 2 is 0.640 bits per heavy atom. The molecule has 0 amide bonds. The van der Waals surface area contributed by atoms with E-state index in [9.17, 15) is 19.8 Å². The summed E-state index contributed by atoms with van der Waals surface area (Å²) >= 11 is 0. The van der Waals surface area contributed by atoms with Gasteiger partial charge in [0.15, 0.2) is 0 Å². The van der Waals surface area contributed by atoms with Crippen LogP contribution in [0.3, 0.4) is 0 Å². The van der Waals surface area contributed by atoms with Crippen molar-refractivity contribution in [2.45, 2.75) is 143 Å². The molecule has 10 aromatic carbocycles. The van der Waals surface area contributed by atoms with E-state index in [2.05, 4.69) is 275 Å². The number of carboxylic acid groups (broad SMARTS) is 2. The van der Waals surface area contributed by atoms with Crippen LogP contribution in [0.2, 0.25) is 0 Å². The zero-order valence-electron chi connectivity index (χ0n) is 59.4. The first kappa shape index (κ1) is 65.4. The topological polar surface area (TPSA) is 150 Å². The fraction of sp³-hybridized carbons (Fsp3) is 0.267. The lowest BCUT2D eigenvalue weighted by atomic mass is 9.77.